The van der Waals surface area contributed by atoms with E-state index in [1.165, 1.54) is 6.07 Å². The van der Waals surface area contributed by atoms with Gasteiger partial charge in [0.2, 0.25) is 5.91 Å². The number of rotatable bonds is 2. The predicted molar refractivity (Wildman–Crippen MR) is 54.6 cm³/mol. The molecule has 0 aromatic heterocycles. The lowest BCUT2D eigenvalue weighted by Gasteiger charge is -2.26. The van der Waals surface area contributed by atoms with Gasteiger partial charge in [0, 0.05) is 25.2 Å². The molecule has 1 aliphatic rings. The number of piperazine rings is 1. The maximum Gasteiger partial charge on any atom is 0.234 e. The molecule has 86 valence electrons. The molecule has 1 amide bonds. The summed E-state index contributed by atoms with van der Waals surface area (Å²) in [5.74, 6) is -0.978. The van der Waals surface area contributed by atoms with Crippen molar-refractivity contribution in [2.24, 2.45) is 0 Å². The second-order valence-electron chi connectivity index (χ2n) is 3.80. The van der Waals surface area contributed by atoms with Crippen molar-refractivity contribution in [2.75, 3.05) is 19.6 Å². The van der Waals surface area contributed by atoms with Gasteiger partial charge in [0.25, 0.3) is 0 Å². The first kappa shape index (κ1) is 11.0. The smallest absolute Gasteiger partial charge is 0.234 e. The number of nitrogens with one attached hydrogen (secondary N) is 1. The van der Waals surface area contributed by atoms with Crippen LogP contribution in [-0.2, 0) is 11.3 Å². The van der Waals surface area contributed by atoms with Gasteiger partial charge in [-0.25, -0.2) is 8.78 Å². The Labute approximate surface area is 92.1 Å². The normalized spacial score (nSPS) is 17.2. The second kappa shape index (κ2) is 4.57. The van der Waals surface area contributed by atoms with Crippen molar-refractivity contribution in [3.63, 3.8) is 0 Å². The molecule has 3 nitrogen and oxygen atoms in total. The summed E-state index contributed by atoms with van der Waals surface area (Å²) >= 11 is 0. The molecule has 0 bridgehead atoms. The summed E-state index contributed by atoms with van der Waals surface area (Å²) in [6.07, 6.45) is 0. The molecule has 0 atom stereocenters. The van der Waals surface area contributed by atoms with Gasteiger partial charge in [-0.05, 0) is 18.2 Å². The van der Waals surface area contributed by atoms with Crippen molar-refractivity contribution >= 4 is 5.91 Å². The third kappa shape index (κ3) is 2.55. The number of carbonyl (C=O) groups excluding carboxylic acids is 1. The van der Waals surface area contributed by atoms with E-state index in [0.29, 0.717) is 13.1 Å². The van der Waals surface area contributed by atoms with E-state index < -0.39 is 11.6 Å². The zero-order valence-electron chi connectivity index (χ0n) is 8.67. The van der Waals surface area contributed by atoms with E-state index in [4.69, 9.17) is 0 Å². The molecule has 1 saturated heterocycles. The molecule has 0 unspecified atom stereocenters. The number of benzene rings is 1. The molecule has 0 spiro atoms. The Morgan fingerprint density at radius 3 is 2.94 bits per heavy atom. The first-order valence-corrected chi connectivity index (χ1v) is 5.08. The molecule has 0 radical (unpaired) electrons. The highest BCUT2D eigenvalue weighted by molar-refractivity contribution is 5.78. The highest BCUT2D eigenvalue weighted by Gasteiger charge is 2.17. The Bertz CT molecular complexity index is 409. The fourth-order valence-electron chi connectivity index (χ4n) is 1.73. The molecule has 1 N–H and O–H groups in total. The van der Waals surface area contributed by atoms with Gasteiger partial charge in [0.05, 0.1) is 6.54 Å². The summed E-state index contributed by atoms with van der Waals surface area (Å²) in [7, 11) is 0. The van der Waals surface area contributed by atoms with E-state index in [1.54, 1.807) is 4.90 Å². The van der Waals surface area contributed by atoms with E-state index in [2.05, 4.69) is 5.32 Å². The first-order valence-electron chi connectivity index (χ1n) is 5.08. The minimum atomic E-state index is -0.460. The molecule has 0 aliphatic carbocycles. The van der Waals surface area contributed by atoms with Crippen LogP contribution in [0.2, 0.25) is 0 Å². The van der Waals surface area contributed by atoms with Crippen LogP contribution >= 0.6 is 0 Å². The van der Waals surface area contributed by atoms with Gasteiger partial charge in [-0.15, -0.1) is 0 Å². The summed E-state index contributed by atoms with van der Waals surface area (Å²) < 4.78 is 26.2. The van der Waals surface area contributed by atoms with E-state index in [-0.39, 0.29) is 24.6 Å². The summed E-state index contributed by atoms with van der Waals surface area (Å²) in [5, 5.41) is 2.68. The summed E-state index contributed by atoms with van der Waals surface area (Å²) in [4.78, 5) is 12.9. The van der Waals surface area contributed by atoms with Gasteiger partial charge in [0.1, 0.15) is 11.6 Å². The van der Waals surface area contributed by atoms with E-state index in [0.717, 1.165) is 12.1 Å². The largest absolute Gasteiger partial charge is 0.354 e. The zero-order chi connectivity index (χ0) is 11.5. The predicted octanol–water partition coefficient (Wildman–Crippen LogP) is 0.897. The fraction of sp³-hybridized carbons (Fsp3) is 0.364. The van der Waals surface area contributed by atoms with Crippen LogP contribution in [0, 0.1) is 11.6 Å². The monoisotopic (exact) mass is 226 g/mol. The van der Waals surface area contributed by atoms with Crippen molar-refractivity contribution in [1.82, 2.24) is 10.2 Å². The second-order valence-corrected chi connectivity index (χ2v) is 3.80. The van der Waals surface area contributed by atoms with Crippen molar-refractivity contribution < 1.29 is 13.6 Å². The molecular formula is C11H12F2N2O. The molecule has 5 heteroatoms. The molecule has 1 heterocycles. The minimum absolute atomic E-state index is 0.0805. The Morgan fingerprint density at radius 1 is 1.38 bits per heavy atom. The Kier molecular flexibility index (Phi) is 3.14. The number of hydrogen-bond acceptors (Lipinski definition) is 2. The van der Waals surface area contributed by atoms with Crippen molar-refractivity contribution in [3.8, 4) is 0 Å². The maximum atomic E-state index is 13.3. The SMILES string of the molecule is O=C1CN(Cc2cc(F)ccc2F)CCN1. The van der Waals surface area contributed by atoms with Gasteiger partial charge in [-0.1, -0.05) is 0 Å². The van der Waals surface area contributed by atoms with Gasteiger partial charge in [-0.3, -0.25) is 9.69 Å². The molecule has 1 fully saturated rings. The first-order chi connectivity index (χ1) is 7.65. The lowest BCUT2D eigenvalue weighted by molar-refractivity contribution is -0.124. The Balaban J connectivity index is 2.08. The number of carbonyl (C=O) groups is 1. The van der Waals surface area contributed by atoms with Crippen molar-refractivity contribution in [1.29, 1.82) is 0 Å². The van der Waals surface area contributed by atoms with Crippen LogP contribution in [-0.4, -0.2) is 30.4 Å². The van der Waals surface area contributed by atoms with Crippen LogP contribution in [0.5, 0.6) is 0 Å². The molecule has 16 heavy (non-hydrogen) atoms. The maximum absolute atomic E-state index is 13.3. The number of hydrogen-bond donors (Lipinski definition) is 1. The lowest BCUT2D eigenvalue weighted by Crippen LogP contribution is -2.47. The van der Waals surface area contributed by atoms with Crippen LogP contribution < -0.4 is 5.32 Å². The number of amides is 1. The van der Waals surface area contributed by atoms with E-state index in [9.17, 15) is 13.6 Å². The van der Waals surface area contributed by atoms with Crippen LogP contribution in [0.4, 0.5) is 8.78 Å². The standard InChI is InChI=1S/C11H12F2N2O/c12-9-1-2-10(13)8(5-9)6-15-4-3-14-11(16)7-15/h1-2,5H,3-4,6-7H2,(H,14,16). The highest BCUT2D eigenvalue weighted by Crippen LogP contribution is 2.12. The Hall–Kier alpha value is -1.49. The van der Waals surface area contributed by atoms with Gasteiger partial charge < -0.3 is 5.32 Å². The van der Waals surface area contributed by atoms with E-state index in [1.807, 2.05) is 0 Å². The zero-order valence-corrected chi connectivity index (χ0v) is 8.67. The van der Waals surface area contributed by atoms with Crippen LogP contribution in [0.15, 0.2) is 18.2 Å². The lowest BCUT2D eigenvalue weighted by atomic mass is 10.2. The molecular weight excluding hydrogens is 214 g/mol. The average Bonchev–Trinajstić information content (AvgIpc) is 2.24. The number of nitrogens with zero attached hydrogens (tertiary/aromatic N) is 1. The molecule has 0 saturated carbocycles. The van der Waals surface area contributed by atoms with Gasteiger partial charge in [-0.2, -0.15) is 0 Å². The third-order valence-corrected chi connectivity index (χ3v) is 2.52. The number of halogens is 2. The molecule has 1 aromatic carbocycles. The van der Waals surface area contributed by atoms with Crippen molar-refractivity contribution in [2.45, 2.75) is 6.54 Å². The molecule has 1 aromatic rings. The summed E-state index contributed by atoms with van der Waals surface area (Å²) in [5.41, 5.74) is 0.287. The molecule has 1 aliphatic heterocycles. The highest BCUT2D eigenvalue weighted by atomic mass is 19.1. The quantitative estimate of drug-likeness (QED) is 0.812. The topological polar surface area (TPSA) is 32.3 Å². The van der Waals surface area contributed by atoms with Crippen LogP contribution in [0.25, 0.3) is 0 Å². The van der Waals surface area contributed by atoms with Crippen LogP contribution in [0.1, 0.15) is 5.56 Å². The summed E-state index contributed by atoms with van der Waals surface area (Å²) in [6, 6.07) is 3.36. The third-order valence-electron chi connectivity index (χ3n) is 2.52. The Morgan fingerprint density at radius 2 is 2.19 bits per heavy atom. The summed E-state index contributed by atoms with van der Waals surface area (Å²) in [6.45, 7) is 1.70. The molecule has 2 rings (SSSR count). The fourth-order valence-corrected chi connectivity index (χ4v) is 1.73. The van der Waals surface area contributed by atoms with Crippen LogP contribution in [0.3, 0.4) is 0 Å². The van der Waals surface area contributed by atoms with Gasteiger partial charge in [0.15, 0.2) is 0 Å². The minimum Gasteiger partial charge on any atom is -0.354 e. The van der Waals surface area contributed by atoms with Crippen molar-refractivity contribution in [3.05, 3.63) is 35.4 Å². The van der Waals surface area contributed by atoms with Gasteiger partial charge >= 0.3 is 0 Å². The van der Waals surface area contributed by atoms with E-state index >= 15 is 0 Å². The average molecular weight is 226 g/mol.